The average Bonchev–Trinajstić information content (AvgIpc) is 2.71. The fourth-order valence-corrected chi connectivity index (χ4v) is 1.60. The van der Waals surface area contributed by atoms with Crippen LogP contribution in [0, 0.1) is 5.82 Å². The van der Waals surface area contributed by atoms with Crippen LogP contribution in [0.25, 0.3) is 11.4 Å². The fraction of sp³-hybridized carbons (Fsp3) is 0.273. The van der Waals surface area contributed by atoms with Gasteiger partial charge in [-0.15, -0.1) is 0 Å². The molecule has 0 aliphatic heterocycles. The molecule has 0 amide bonds. The van der Waals surface area contributed by atoms with Crippen LogP contribution in [0.5, 0.6) is 0 Å². The molecule has 1 heterocycles. The van der Waals surface area contributed by atoms with Gasteiger partial charge in [-0.3, -0.25) is 0 Å². The molecular formula is C11H10BrFN2O. The van der Waals surface area contributed by atoms with Crippen LogP contribution in [0.4, 0.5) is 4.39 Å². The Morgan fingerprint density at radius 2 is 2.12 bits per heavy atom. The van der Waals surface area contributed by atoms with Crippen LogP contribution in [0.15, 0.2) is 27.2 Å². The predicted molar refractivity (Wildman–Crippen MR) is 61.5 cm³/mol. The summed E-state index contributed by atoms with van der Waals surface area (Å²) >= 11 is 3.12. The van der Waals surface area contributed by atoms with E-state index in [-0.39, 0.29) is 11.7 Å². The topological polar surface area (TPSA) is 38.9 Å². The molecule has 0 saturated heterocycles. The molecule has 84 valence electrons. The highest BCUT2D eigenvalue weighted by molar-refractivity contribution is 9.10. The lowest BCUT2D eigenvalue weighted by atomic mass is 10.2. The summed E-state index contributed by atoms with van der Waals surface area (Å²) in [7, 11) is 0. The monoisotopic (exact) mass is 284 g/mol. The maximum Gasteiger partial charge on any atom is 0.229 e. The first-order valence-corrected chi connectivity index (χ1v) is 5.66. The van der Waals surface area contributed by atoms with Gasteiger partial charge >= 0.3 is 0 Å². The first-order valence-electron chi connectivity index (χ1n) is 4.87. The molecule has 0 atom stereocenters. The van der Waals surface area contributed by atoms with Gasteiger partial charge in [0.05, 0.1) is 4.47 Å². The minimum absolute atomic E-state index is 0.185. The van der Waals surface area contributed by atoms with Gasteiger partial charge in [0, 0.05) is 11.5 Å². The Morgan fingerprint density at radius 1 is 1.38 bits per heavy atom. The Hall–Kier alpha value is -1.23. The summed E-state index contributed by atoms with van der Waals surface area (Å²) < 4.78 is 18.5. The van der Waals surface area contributed by atoms with E-state index < -0.39 is 0 Å². The summed E-state index contributed by atoms with van der Waals surface area (Å²) in [4.78, 5) is 4.23. The van der Waals surface area contributed by atoms with Crippen molar-refractivity contribution in [3.8, 4) is 11.4 Å². The third-order valence-electron chi connectivity index (χ3n) is 2.11. The van der Waals surface area contributed by atoms with Gasteiger partial charge in [-0.05, 0) is 34.1 Å². The van der Waals surface area contributed by atoms with Crippen LogP contribution < -0.4 is 0 Å². The molecule has 0 spiro atoms. The molecule has 0 saturated carbocycles. The van der Waals surface area contributed by atoms with Gasteiger partial charge in [-0.25, -0.2) is 4.39 Å². The Labute approximate surface area is 101 Å². The molecule has 1 aromatic carbocycles. The average molecular weight is 285 g/mol. The number of hydrogen-bond donors (Lipinski definition) is 0. The third-order valence-corrected chi connectivity index (χ3v) is 2.72. The van der Waals surface area contributed by atoms with E-state index >= 15 is 0 Å². The highest BCUT2D eigenvalue weighted by Crippen LogP contribution is 2.24. The second kappa shape index (κ2) is 4.33. The highest BCUT2D eigenvalue weighted by atomic mass is 79.9. The van der Waals surface area contributed by atoms with Crippen LogP contribution >= 0.6 is 15.9 Å². The van der Waals surface area contributed by atoms with E-state index in [4.69, 9.17) is 4.52 Å². The summed E-state index contributed by atoms with van der Waals surface area (Å²) in [5, 5.41) is 3.85. The normalized spacial score (nSPS) is 11.1. The van der Waals surface area contributed by atoms with Crippen LogP contribution in [-0.4, -0.2) is 10.1 Å². The first kappa shape index (κ1) is 11.3. The summed E-state index contributed by atoms with van der Waals surface area (Å²) in [6, 6.07) is 4.62. The molecule has 0 bridgehead atoms. The standard InChI is InChI=1S/C11H10BrFN2O/c1-6(2)11-14-10(15-16-11)7-3-4-9(13)8(12)5-7/h3-6H,1-2H3. The van der Waals surface area contributed by atoms with Crippen molar-refractivity contribution in [3.05, 3.63) is 34.4 Å². The minimum atomic E-state index is -0.309. The van der Waals surface area contributed by atoms with Crippen molar-refractivity contribution in [1.82, 2.24) is 10.1 Å². The molecule has 0 unspecified atom stereocenters. The minimum Gasteiger partial charge on any atom is -0.339 e. The van der Waals surface area contributed by atoms with Gasteiger partial charge < -0.3 is 4.52 Å². The fourth-order valence-electron chi connectivity index (χ4n) is 1.22. The zero-order valence-corrected chi connectivity index (χ0v) is 10.5. The van der Waals surface area contributed by atoms with Crippen molar-refractivity contribution in [2.45, 2.75) is 19.8 Å². The molecule has 0 radical (unpaired) electrons. The highest BCUT2D eigenvalue weighted by Gasteiger charge is 2.12. The predicted octanol–water partition coefficient (Wildman–Crippen LogP) is 3.76. The molecule has 1 aromatic heterocycles. The van der Waals surface area contributed by atoms with Crippen molar-refractivity contribution in [2.24, 2.45) is 0 Å². The molecule has 0 aliphatic carbocycles. The first-order chi connectivity index (χ1) is 7.58. The summed E-state index contributed by atoms with van der Waals surface area (Å²) in [5.74, 6) is 0.932. The van der Waals surface area contributed by atoms with Gasteiger partial charge in [-0.1, -0.05) is 19.0 Å². The van der Waals surface area contributed by atoms with Crippen LogP contribution in [0.1, 0.15) is 25.7 Å². The van der Waals surface area contributed by atoms with Crippen LogP contribution in [-0.2, 0) is 0 Å². The third kappa shape index (κ3) is 2.14. The molecule has 0 N–H and O–H groups in total. The molecule has 16 heavy (non-hydrogen) atoms. The van der Waals surface area contributed by atoms with Gasteiger partial charge in [0.2, 0.25) is 11.7 Å². The number of rotatable bonds is 2. The molecule has 0 fully saturated rings. The number of benzene rings is 1. The van der Waals surface area contributed by atoms with Crippen molar-refractivity contribution in [3.63, 3.8) is 0 Å². The van der Waals surface area contributed by atoms with Crippen LogP contribution in [0.3, 0.4) is 0 Å². The Bertz CT molecular complexity index is 510. The summed E-state index contributed by atoms with van der Waals surface area (Å²) in [6.45, 7) is 3.94. The maximum atomic E-state index is 13.0. The Balaban J connectivity index is 2.39. The summed E-state index contributed by atoms with van der Waals surface area (Å²) in [5.41, 5.74) is 0.726. The molecule has 3 nitrogen and oxygen atoms in total. The largest absolute Gasteiger partial charge is 0.339 e. The number of hydrogen-bond acceptors (Lipinski definition) is 3. The van der Waals surface area contributed by atoms with Crippen molar-refractivity contribution >= 4 is 15.9 Å². The number of nitrogens with zero attached hydrogens (tertiary/aromatic N) is 2. The van der Waals surface area contributed by atoms with E-state index in [0.29, 0.717) is 16.2 Å². The van der Waals surface area contributed by atoms with Crippen molar-refractivity contribution in [2.75, 3.05) is 0 Å². The van der Waals surface area contributed by atoms with Crippen LogP contribution in [0.2, 0.25) is 0 Å². The van der Waals surface area contributed by atoms with Crippen molar-refractivity contribution < 1.29 is 8.91 Å². The number of aromatic nitrogens is 2. The molecule has 5 heteroatoms. The number of halogens is 2. The van der Waals surface area contributed by atoms with Crippen molar-refractivity contribution in [1.29, 1.82) is 0 Å². The van der Waals surface area contributed by atoms with E-state index in [2.05, 4.69) is 26.1 Å². The SMILES string of the molecule is CC(C)c1nc(-c2ccc(F)c(Br)c2)no1. The van der Waals surface area contributed by atoms with E-state index in [9.17, 15) is 4.39 Å². The Morgan fingerprint density at radius 3 is 2.69 bits per heavy atom. The maximum absolute atomic E-state index is 13.0. The second-order valence-electron chi connectivity index (χ2n) is 3.74. The zero-order chi connectivity index (χ0) is 11.7. The van der Waals surface area contributed by atoms with Gasteiger partial charge in [0.15, 0.2) is 0 Å². The van der Waals surface area contributed by atoms with E-state index in [1.165, 1.54) is 6.07 Å². The smallest absolute Gasteiger partial charge is 0.229 e. The quantitative estimate of drug-likeness (QED) is 0.843. The Kier molecular flexibility index (Phi) is 3.05. The van der Waals surface area contributed by atoms with Gasteiger partial charge in [0.25, 0.3) is 0 Å². The molecule has 0 aliphatic rings. The lowest BCUT2D eigenvalue weighted by Crippen LogP contribution is -1.87. The van der Waals surface area contributed by atoms with E-state index in [1.54, 1.807) is 12.1 Å². The lowest BCUT2D eigenvalue weighted by Gasteiger charge is -1.97. The molecule has 2 aromatic rings. The molecule has 2 rings (SSSR count). The summed E-state index contributed by atoms with van der Waals surface area (Å²) in [6.07, 6.45) is 0. The van der Waals surface area contributed by atoms with Gasteiger partial charge in [-0.2, -0.15) is 4.98 Å². The molecular weight excluding hydrogens is 275 g/mol. The van der Waals surface area contributed by atoms with E-state index in [1.807, 2.05) is 13.8 Å². The van der Waals surface area contributed by atoms with Gasteiger partial charge in [0.1, 0.15) is 5.82 Å². The lowest BCUT2D eigenvalue weighted by molar-refractivity contribution is 0.365. The zero-order valence-electron chi connectivity index (χ0n) is 8.87. The van der Waals surface area contributed by atoms with E-state index in [0.717, 1.165) is 5.56 Å². The second-order valence-corrected chi connectivity index (χ2v) is 4.59.